The molecule has 0 saturated heterocycles. The third-order valence-electron chi connectivity index (χ3n) is 3.41. The number of hydrogen-bond acceptors (Lipinski definition) is 3. The fraction of sp³-hybridized carbons (Fsp3) is 0.571. The van der Waals surface area contributed by atoms with Crippen LogP contribution in [-0.4, -0.2) is 25.8 Å². The number of hydrogen-bond donors (Lipinski definition) is 1. The average Bonchev–Trinajstić information content (AvgIpc) is 2.43. The quantitative estimate of drug-likeness (QED) is 0.840. The second-order valence-electron chi connectivity index (χ2n) is 4.94. The Kier molecular flexibility index (Phi) is 6.45. The topological polar surface area (TPSA) is 63.4 Å². The van der Waals surface area contributed by atoms with Gasteiger partial charge in [-0.25, -0.2) is 8.42 Å². The smallest absolute Gasteiger partial charge is 0.244 e. The average molecular weight is 319 g/mol. The summed E-state index contributed by atoms with van der Waals surface area (Å²) in [4.78, 5) is 0.154. The second-order valence-corrected chi connectivity index (χ2v) is 7.25. The molecule has 0 aliphatic carbocycles. The van der Waals surface area contributed by atoms with Crippen molar-refractivity contribution in [1.82, 2.24) is 4.31 Å². The van der Waals surface area contributed by atoms with E-state index < -0.39 is 10.0 Å². The molecular formula is C14H23ClN2O2S. The number of benzene rings is 1. The van der Waals surface area contributed by atoms with E-state index in [0.29, 0.717) is 25.6 Å². The Morgan fingerprint density at radius 3 is 2.45 bits per heavy atom. The van der Waals surface area contributed by atoms with Gasteiger partial charge in [0.15, 0.2) is 0 Å². The summed E-state index contributed by atoms with van der Waals surface area (Å²) in [5, 5.41) is 0.232. The molecule has 1 unspecified atom stereocenters. The minimum absolute atomic E-state index is 0.154. The second kappa shape index (κ2) is 7.41. The molecule has 0 aliphatic rings. The van der Waals surface area contributed by atoms with Crippen LogP contribution in [0, 0.1) is 5.92 Å². The number of halogens is 1. The van der Waals surface area contributed by atoms with Crippen LogP contribution in [0.3, 0.4) is 0 Å². The molecule has 6 heteroatoms. The van der Waals surface area contributed by atoms with Gasteiger partial charge in [0.05, 0.1) is 5.02 Å². The molecule has 1 atom stereocenters. The number of nitrogens with zero attached hydrogens (tertiary/aromatic N) is 1. The van der Waals surface area contributed by atoms with Gasteiger partial charge in [0.1, 0.15) is 4.90 Å². The fourth-order valence-corrected chi connectivity index (χ4v) is 4.00. The van der Waals surface area contributed by atoms with Gasteiger partial charge in [-0.05, 0) is 23.6 Å². The van der Waals surface area contributed by atoms with Crippen LogP contribution in [0.15, 0.2) is 23.1 Å². The van der Waals surface area contributed by atoms with E-state index in [1.54, 1.807) is 18.2 Å². The van der Waals surface area contributed by atoms with Crippen LogP contribution < -0.4 is 5.73 Å². The standard InChI is InChI=1S/C14H23ClN2O2S/c1-4-11(3)10-17(5-2)20(18,19)14-7-6-12(9-16)8-13(14)15/h6-8,11H,4-5,9-10,16H2,1-3H3. The maximum atomic E-state index is 12.6. The summed E-state index contributed by atoms with van der Waals surface area (Å²) in [6.45, 7) is 7.20. The molecule has 1 aromatic carbocycles. The van der Waals surface area contributed by atoms with E-state index in [2.05, 4.69) is 0 Å². The van der Waals surface area contributed by atoms with Gasteiger partial charge in [0, 0.05) is 19.6 Å². The van der Waals surface area contributed by atoms with Crippen LogP contribution in [0.4, 0.5) is 0 Å². The third-order valence-corrected chi connectivity index (χ3v) is 5.84. The molecule has 0 radical (unpaired) electrons. The Morgan fingerprint density at radius 1 is 1.35 bits per heavy atom. The van der Waals surface area contributed by atoms with Gasteiger partial charge in [0.2, 0.25) is 10.0 Å². The van der Waals surface area contributed by atoms with E-state index in [9.17, 15) is 8.42 Å². The third kappa shape index (κ3) is 3.95. The Balaban J connectivity index is 3.14. The highest BCUT2D eigenvalue weighted by Gasteiger charge is 2.26. The van der Waals surface area contributed by atoms with Gasteiger partial charge in [0.25, 0.3) is 0 Å². The zero-order valence-corrected chi connectivity index (χ0v) is 13.8. The van der Waals surface area contributed by atoms with Crippen molar-refractivity contribution in [2.75, 3.05) is 13.1 Å². The molecule has 1 aromatic rings. The number of rotatable bonds is 7. The zero-order valence-electron chi connectivity index (χ0n) is 12.3. The van der Waals surface area contributed by atoms with Crippen molar-refractivity contribution in [3.63, 3.8) is 0 Å². The van der Waals surface area contributed by atoms with Gasteiger partial charge in [-0.2, -0.15) is 4.31 Å². The van der Waals surface area contributed by atoms with E-state index in [1.165, 1.54) is 4.31 Å². The fourth-order valence-electron chi connectivity index (χ4n) is 1.89. The first kappa shape index (κ1) is 17.4. The minimum atomic E-state index is -3.55. The van der Waals surface area contributed by atoms with Crippen molar-refractivity contribution < 1.29 is 8.42 Å². The first-order valence-corrected chi connectivity index (χ1v) is 8.67. The minimum Gasteiger partial charge on any atom is -0.326 e. The number of nitrogens with two attached hydrogens (primary N) is 1. The lowest BCUT2D eigenvalue weighted by Gasteiger charge is -2.24. The lowest BCUT2D eigenvalue weighted by atomic mass is 10.1. The van der Waals surface area contributed by atoms with Crippen LogP contribution in [0.1, 0.15) is 32.8 Å². The van der Waals surface area contributed by atoms with Crippen molar-refractivity contribution >= 4 is 21.6 Å². The molecule has 114 valence electrons. The van der Waals surface area contributed by atoms with Gasteiger partial charge in [-0.1, -0.05) is 44.9 Å². The molecule has 2 N–H and O–H groups in total. The highest BCUT2D eigenvalue weighted by molar-refractivity contribution is 7.89. The Labute approximate surface area is 127 Å². The SMILES string of the molecule is CCC(C)CN(CC)S(=O)(=O)c1ccc(CN)cc1Cl. The van der Waals surface area contributed by atoms with Crippen molar-refractivity contribution in [3.8, 4) is 0 Å². The highest BCUT2D eigenvalue weighted by Crippen LogP contribution is 2.26. The largest absolute Gasteiger partial charge is 0.326 e. The molecule has 0 amide bonds. The molecule has 0 aliphatic heterocycles. The van der Waals surface area contributed by atoms with E-state index in [-0.39, 0.29) is 9.92 Å². The van der Waals surface area contributed by atoms with E-state index in [1.807, 2.05) is 20.8 Å². The molecule has 0 heterocycles. The zero-order chi connectivity index (χ0) is 15.3. The van der Waals surface area contributed by atoms with Gasteiger partial charge >= 0.3 is 0 Å². The molecule has 0 fully saturated rings. The maximum absolute atomic E-state index is 12.6. The molecule has 0 saturated carbocycles. The van der Waals surface area contributed by atoms with Crippen molar-refractivity contribution in [3.05, 3.63) is 28.8 Å². The van der Waals surface area contributed by atoms with Crippen LogP contribution >= 0.6 is 11.6 Å². The highest BCUT2D eigenvalue weighted by atomic mass is 35.5. The molecule has 1 rings (SSSR count). The summed E-state index contributed by atoms with van der Waals surface area (Å²) >= 11 is 6.10. The summed E-state index contributed by atoms with van der Waals surface area (Å²) in [5.74, 6) is 0.312. The molecule has 0 spiro atoms. The summed E-state index contributed by atoms with van der Waals surface area (Å²) in [7, 11) is -3.55. The maximum Gasteiger partial charge on any atom is 0.244 e. The molecule has 4 nitrogen and oxygen atoms in total. The van der Waals surface area contributed by atoms with E-state index in [0.717, 1.165) is 12.0 Å². The lowest BCUT2D eigenvalue weighted by Crippen LogP contribution is -2.34. The summed E-state index contributed by atoms with van der Waals surface area (Å²) < 4.78 is 26.8. The Hall–Kier alpha value is -0.620. The molecule has 0 bridgehead atoms. The molecule has 20 heavy (non-hydrogen) atoms. The van der Waals surface area contributed by atoms with Gasteiger partial charge < -0.3 is 5.73 Å². The van der Waals surface area contributed by atoms with Gasteiger partial charge in [-0.3, -0.25) is 0 Å². The predicted octanol–water partition coefficient (Wildman–Crippen LogP) is 2.86. The Bertz CT molecular complexity index is 546. The van der Waals surface area contributed by atoms with Crippen molar-refractivity contribution in [1.29, 1.82) is 0 Å². The molecule has 0 aromatic heterocycles. The normalized spacial score (nSPS) is 13.7. The lowest BCUT2D eigenvalue weighted by molar-refractivity contribution is 0.361. The van der Waals surface area contributed by atoms with Crippen LogP contribution in [0.5, 0.6) is 0 Å². The van der Waals surface area contributed by atoms with Gasteiger partial charge in [-0.15, -0.1) is 0 Å². The first-order chi connectivity index (χ1) is 9.36. The predicted molar refractivity (Wildman–Crippen MR) is 83.2 cm³/mol. The molecular weight excluding hydrogens is 296 g/mol. The van der Waals surface area contributed by atoms with Crippen molar-refractivity contribution in [2.45, 2.75) is 38.6 Å². The summed E-state index contributed by atoms with van der Waals surface area (Å²) in [5.41, 5.74) is 6.35. The van der Waals surface area contributed by atoms with E-state index >= 15 is 0 Å². The van der Waals surface area contributed by atoms with Crippen LogP contribution in [0.25, 0.3) is 0 Å². The van der Waals surface area contributed by atoms with Crippen molar-refractivity contribution in [2.24, 2.45) is 11.7 Å². The summed E-state index contributed by atoms with van der Waals surface area (Å²) in [6, 6.07) is 4.86. The Morgan fingerprint density at radius 2 is 2.00 bits per heavy atom. The monoisotopic (exact) mass is 318 g/mol. The van der Waals surface area contributed by atoms with E-state index in [4.69, 9.17) is 17.3 Å². The number of sulfonamides is 1. The first-order valence-electron chi connectivity index (χ1n) is 6.85. The van der Waals surface area contributed by atoms with Crippen LogP contribution in [-0.2, 0) is 16.6 Å². The van der Waals surface area contributed by atoms with Crippen LogP contribution in [0.2, 0.25) is 5.02 Å². The summed E-state index contributed by atoms with van der Waals surface area (Å²) in [6.07, 6.45) is 0.936.